The number of H-pyrrole nitrogens is 2. The van der Waals surface area contributed by atoms with E-state index in [0.717, 1.165) is 11.3 Å². The summed E-state index contributed by atoms with van der Waals surface area (Å²) in [5, 5.41) is 14.0. The third-order valence-electron chi connectivity index (χ3n) is 10.3. The number of hydrogen-bond acceptors (Lipinski definition) is 7. The van der Waals surface area contributed by atoms with E-state index in [1.807, 2.05) is 13.8 Å². The van der Waals surface area contributed by atoms with E-state index in [4.69, 9.17) is 4.74 Å². The fraction of sp³-hybridized carbons (Fsp3) is 0.436. The second kappa shape index (κ2) is 16.1. The second-order valence-corrected chi connectivity index (χ2v) is 14.9. The number of rotatable bonds is 11. The minimum Gasteiger partial charge on any atom is -0.465 e. The first-order chi connectivity index (χ1) is 26.6. The lowest BCUT2D eigenvalue weighted by atomic mass is 10.0. The van der Waals surface area contributed by atoms with E-state index in [1.165, 1.54) is 25.6 Å². The molecule has 0 aliphatic carbocycles. The zero-order valence-electron chi connectivity index (χ0n) is 31.6. The van der Waals surface area contributed by atoms with Crippen LogP contribution in [0.15, 0.2) is 54.9 Å². The minimum absolute atomic E-state index is 0.148. The highest BCUT2D eigenvalue weighted by Crippen LogP contribution is 2.41. The minimum atomic E-state index is -3.19. The van der Waals surface area contributed by atoms with Crippen molar-refractivity contribution in [2.45, 2.75) is 77.0 Å². The maximum absolute atomic E-state index is 15.7. The SMILES string of the molecule is COC(=O)N[C@H](C(=O)N1CCC[C@H]1c1ncc(-c2ccc(-c3ccc(-c4cnc([C@@H]5CC(F)(F)CN5C(=O)[C@@H](NC(=O)O)C(C)C)[nH]4)cc3)cc2F)[nH]1)C(C)C. The summed E-state index contributed by atoms with van der Waals surface area (Å²) in [6.07, 6.45) is 1.62. The number of imidazole rings is 2. The summed E-state index contributed by atoms with van der Waals surface area (Å²) in [5.74, 6) is -4.68. The van der Waals surface area contributed by atoms with Gasteiger partial charge < -0.3 is 40.2 Å². The molecule has 6 rings (SSSR count). The van der Waals surface area contributed by atoms with Gasteiger partial charge in [-0.1, -0.05) is 58.0 Å². The summed E-state index contributed by atoms with van der Waals surface area (Å²) >= 11 is 0. The first kappa shape index (κ1) is 39.8. The molecule has 0 spiro atoms. The van der Waals surface area contributed by atoms with E-state index in [0.29, 0.717) is 52.4 Å². The maximum Gasteiger partial charge on any atom is 0.407 e. The van der Waals surface area contributed by atoms with Gasteiger partial charge in [0.15, 0.2) is 0 Å². The number of benzene rings is 2. The number of nitrogens with zero attached hydrogens (tertiary/aromatic N) is 4. The number of aromatic nitrogens is 4. The number of aromatic amines is 2. The Labute approximate surface area is 321 Å². The molecule has 4 atom stereocenters. The van der Waals surface area contributed by atoms with Gasteiger partial charge >= 0.3 is 12.2 Å². The van der Waals surface area contributed by atoms with Gasteiger partial charge in [-0.15, -0.1) is 0 Å². The molecule has 4 amide bonds. The van der Waals surface area contributed by atoms with Crippen LogP contribution in [0.1, 0.15) is 70.7 Å². The highest BCUT2D eigenvalue weighted by atomic mass is 19.3. The lowest BCUT2D eigenvalue weighted by Crippen LogP contribution is -2.51. The Morgan fingerprint density at radius 3 is 2.04 bits per heavy atom. The highest BCUT2D eigenvalue weighted by molar-refractivity contribution is 5.87. The van der Waals surface area contributed by atoms with Crippen LogP contribution in [0.25, 0.3) is 33.6 Å². The van der Waals surface area contributed by atoms with Crippen LogP contribution in [0.2, 0.25) is 0 Å². The normalized spacial score (nSPS) is 19.0. The molecule has 2 fully saturated rings. The fourth-order valence-electron chi connectivity index (χ4n) is 7.36. The van der Waals surface area contributed by atoms with Crippen molar-refractivity contribution in [2.24, 2.45) is 11.8 Å². The zero-order valence-corrected chi connectivity index (χ0v) is 31.6. The van der Waals surface area contributed by atoms with Gasteiger partial charge in [0, 0.05) is 18.5 Å². The van der Waals surface area contributed by atoms with Crippen LogP contribution in [0.4, 0.5) is 22.8 Å². The van der Waals surface area contributed by atoms with Gasteiger partial charge in [0.2, 0.25) is 11.8 Å². The molecule has 0 radical (unpaired) electrons. The molecular weight excluding hydrogens is 733 g/mol. The van der Waals surface area contributed by atoms with E-state index in [1.54, 1.807) is 55.1 Å². The predicted octanol–water partition coefficient (Wildman–Crippen LogP) is 6.52. The molecule has 2 aromatic heterocycles. The molecule has 0 bridgehead atoms. The number of amides is 4. The van der Waals surface area contributed by atoms with Crippen LogP contribution in [-0.2, 0) is 14.3 Å². The number of hydrogen-bond donors (Lipinski definition) is 5. The van der Waals surface area contributed by atoms with E-state index < -0.39 is 66.8 Å². The Balaban J connectivity index is 1.15. The number of carbonyl (C=O) groups is 4. The predicted molar refractivity (Wildman–Crippen MR) is 199 cm³/mol. The van der Waals surface area contributed by atoms with E-state index in [9.17, 15) is 33.1 Å². The molecule has 56 heavy (non-hydrogen) atoms. The van der Waals surface area contributed by atoms with Crippen LogP contribution >= 0.6 is 0 Å². The van der Waals surface area contributed by atoms with Gasteiger partial charge in [0.1, 0.15) is 29.5 Å². The van der Waals surface area contributed by atoms with Crippen LogP contribution in [0, 0.1) is 17.7 Å². The number of alkyl carbamates (subject to hydrolysis) is 1. The van der Waals surface area contributed by atoms with Gasteiger partial charge in [0.05, 0.1) is 49.5 Å². The van der Waals surface area contributed by atoms with Crippen molar-refractivity contribution in [1.29, 1.82) is 0 Å². The highest BCUT2D eigenvalue weighted by Gasteiger charge is 2.50. The maximum atomic E-state index is 15.7. The van der Waals surface area contributed by atoms with Crippen LogP contribution in [0.5, 0.6) is 0 Å². The average molecular weight is 779 g/mol. The van der Waals surface area contributed by atoms with Crippen LogP contribution in [0.3, 0.4) is 0 Å². The summed E-state index contributed by atoms with van der Waals surface area (Å²) in [6.45, 7) is 6.55. The van der Waals surface area contributed by atoms with Crippen molar-refractivity contribution in [2.75, 3.05) is 20.2 Å². The Morgan fingerprint density at radius 1 is 0.839 bits per heavy atom. The third kappa shape index (κ3) is 8.35. The Bertz CT molecular complexity index is 2080. The monoisotopic (exact) mass is 778 g/mol. The topological polar surface area (TPSA) is 186 Å². The van der Waals surface area contributed by atoms with E-state index in [2.05, 4.69) is 30.6 Å². The summed E-state index contributed by atoms with van der Waals surface area (Å²) < 4.78 is 49.7. The first-order valence-corrected chi connectivity index (χ1v) is 18.4. The molecule has 298 valence electrons. The van der Waals surface area contributed by atoms with Crippen LogP contribution < -0.4 is 10.6 Å². The Morgan fingerprint density at radius 2 is 1.41 bits per heavy atom. The van der Waals surface area contributed by atoms with Gasteiger partial charge in [0.25, 0.3) is 5.92 Å². The van der Waals surface area contributed by atoms with Gasteiger partial charge in [-0.05, 0) is 53.5 Å². The molecule has 4 aromatic rings. The number of nitrogens with one attached hydrogen (secondary N) is 4. The van der Waals surface area contributed by atoms with E-state index >= 15 is 4.39 Å². The van der Waals surface area contributed by atoms with Gasteiger partial charge in [-0.3, -0.25) is 9.59 Å². The summed E-state index contributed by atoms with van der Waals surface area (Å²) in [7, 11) is 1.24. The number of alkyl halides is 2. The standard InChI is InChI=1S/C39H45F3N8O6/c1-20(2)31(47-37(53)54)36(52)50-19-39(41,42)16-30(50)34-43-17-27(45-34)23-10-8-22(9-11-23)24-12-13-25(26(40)15-24)28-18-44-33(46-28)29-7-6-14-49(29)35(51)32(21(3)4)48-38(55)56-5/h8-13,15,17-18,20-21,29-32,47H,6-7,14,16,19H2,1-5H3,(H,43,45)(H,44,46)(H,48,55)(H,53,54)/t29-,30-,31-,32-/m0/s1. The summed E-state index contributed by atoms with van der Waals surface area (Å²) in [6, 6.07) is 8.49. The number of carbonyl (C=O) groups excluding carboxylic acids is 3. The number of likely N-dealkylation sites (tertiary alicyclic amines) is 2. The lowest BCUT2D eigenvalue weighted by molar-refractivity contribution is -0.137. The molecule has 2 saturated heterocycles. The summed E-state index contributed by atoms with van der Waals surface area (Å²) in [5.41, 5.74) is 3.23. The Hall–Kier alpha value is -5.87. The van der Waals surface area contributed by atoms with Crippen molar-refractivity contribution < 1.29 is 42.2 Å². The molecule has 17 heteroatoms. The van der Waals surface area contributed by atoms with Gasteiger partial charge in [-0.25, -0.2) is 32.7 Å². The molecule has 2 aromatic carbocycles. The Kier molecular flexibility index (Phi) is 11.4. The molecular formula is C39H45F3N8O6. The zero-order chi connectivity index (χ0) is 40.5. The van der Waals surface area contributed by atoms with Crippen molar-refractivity contribution in [1.82, 2.24) is 40.4 Å². The quantitative estimate of drug-likeness (QED) is 0.114. The molecule has 5 N–H and O–H groups in total. The molecule has 14 nitrogen and oxygen atoms in total. The summed E-state index contributed by atoms with van der Waals surface area (Å²) in [4.78, 5) is 67.8. The molecule has 0 unspecified atom stereocenters. The number of methoxy groups -OCH3 is 1. The van der Waals surface area contributed by atoms with Crippen LogP contribution in [-0.4, -0.2) is 97.0 Å². The lowest BCUT2D eigenvalue weighted by Gasteiger charge is -2.30. The molecule has 2 aliphatic heterocycles. The largest absolute Gasteiger partial charge is 0.465 e. The van der Waals surface area contributed by atoms with Gasteiger partial charge in [-0.2, -0.15) is 0 Å². The number of halogens is 3. The molecule has 2 aliphatic rings. The number of ether oxygens (including phenoxy) is 1. The molecule has 4 heterocycles. The number of carboxylic acid groups (broad SMARTS) is 1. The third-order valence-corrected chi connectivity index (χ3v) is 10.3. The van der Waals surface area contributed by atoms with Crippen molar-refractivity contribution in [3.05, 3.63) is 72.3 Å². The average Bonchev–Trinajstić information content (AvgIpc) is 3.98. The fourth-order valence-corrected chi connectivity index (χ4v) is 7.36. The first-order valence-electron chi connectivity index (χ1n) is 18.4. The van der Waals surface area contributed by atoms with Crippen molar-refractivity contribution >= 4 is 24.0 Å². The smallest absolute Gasteiger partial charge is 0.407 e. The van der Waals surface area contributed by atoms with Crippen molar-refractivity contribution in [3.8, 4) is 33.6 Å². The molecule has 0 saturated carbocycles. The van der Waals surface area contributed by atoms with Crippen molar-refractivity contribution in [3.63, 3.8) is 0 Å². The second-order valence-electron chi connectivity index (χ2n) is 14.9. The van der Waals surface area contributed by atoms with E-state index in [-0.39, 0.29) is 23.7 Å².